The van der Waals surface area contributed by atoms with Crippen LogP contribution >= 0.6 is 0 Å². The van der Waals surface area contributed by atoms with Crippen molar-refractivity contribution >= 4 is 11.8 Å². The van der Waals surface area contributed by atoms with Crippen LogP contribution in [0.4, 0.5) is 0 Å². The Morgan fingerprint density at radius 2 is 2.14 bits per heavy atom. The average Bonchev–Trinajstić information content (AvgIpc) is 2.49. The Morgan fingerprint density at radius 3 is 2.76 bits per heavy atom. The van der Waals surface area contributed by atoms with Crippen LogP contribution in [0.5, 0.6) is 0 Å². The van der Waals surface area contributed by atoms with E-state index in [1.54, 1.807) is 4.90 Å². The second-order valence-electron chi connectivity index (χ2n) is 5.96. The predicted molar refractivity (Wildman–Crippen MR) is 81.7 cm³/mol. The molecule has 1 heterocycles. The summed E-state index contributed by atoms with van der Waals surface area (Å²) >= 11 is 0. The van der Waals surface area contributed by atoms with Crippen molar-refractivity contribution in [2.75, 3.05) is 26.2 Å². The fourth-order valence-corrected chi connectivity index (χ4v) is 2.28. The minimum absolute atomic E-state index is 0.0136. The number of nitrogens with one attached hydrogen (secondary N) is 1. The normalized spacial score (nSPS) is 20.4. The maximum absolute atomic E-state index is 12.1. The average molecular weight is 299 g/mol. The molecule has 1 aliphatic heterocycles. The van der Waals surface area contributed by atoms with Crippen LogP contribution < -0.4 is 11.1 Å². The Hall–Kier alpha value is -1.14. The highest BCUT2D eigenvalue weighted by molar-refractivity contribution is 5.87. The molecule has 0 radical (unpaired) electrons. The third kappa shape index (κ3) is 6.01. The van der Waals surface area contributed by atoms with E-state index in [9.17, 15) is 9.59 Å². The number of ether oxygens (including phenoxy) is 1. The summed E-state index contributed by atoms with van der Waals surface area (Å²) in [4.78, 5) is 25.6. The molecule has 6 nitrogen and oxygen atoms in total. The van der Waals surface area contributed by atoms with Crippen molar-refractivity contribution in [3.8, 4) is 0 Å². The minimum Gasteiger partial charge on any atom is -0.376 e. The second-order valence-corrected chi connectivity index (χ2v) is 5.96. The zero-order chi connectivity index (χ0) is 15.8. The summed E-state index contributed by atoms with van der Waals surface area (Å²) in [7, 11) is 0. The molecule has 2 amide bonds. The Kier molecular flexibility index (Phi) is 7.67. The highest BCUT2D eigenvalue weighted by atomic mass is 16.5. The number of hydrogen-bond donors (Lipinski definition) is 2. The Labute approximate surface area is 127 Å². The number of carbonyl (C=O) groups excluding carboxylic acids is 2. The van der Waals surface area contributed by atoms with Gasteiger partial charge in [0, 0.05) is 19.7 Å². The third-order valence-electron chi connectivity index (χ3n) is 3.72. The van der Waals surface area contributed by atoms with Gasteiger partial charge in [-0.1, -0.05) is 20.8 Å². The molecule has 0 aromatic heterocycles. The van der Waals surface area contributed by atoms with Gasteiger partial charge in [-0.15, -0.1) is 0 Å². The van der Waals surface area contributed by atoms with Gasteiger partial charge in [-0.2, -0.15) is 0 Å². The van der Waals surface area contributed by atoms with Gasteiger partial charge in [-0.25, -0.2) is 0 Å². The first-order chi connectivity index (χ1) is 9.95. The fourth-order valence-electron chi connectivity index (χ4n) is 2.28. The summed E-state index contributed by atoms with van der Waals surface area (Å²) < 4.78 is 5.71. The van der Waals surface area contributed by atoms with Gasteiger partial charge < -0.3 is 20.7 Å². The number of piperidine rings is 1. The van der Waals surface area contributed by atoms with E-state index in [-0.39, 0.29) is 30.4 Å². The van der Waals surface area contributed by atoms with Crippen LogP contribution in [0.25, 0.3) is 0 Å². The molecule has 0 aliphatic carbocycles. The van der Waals surface area contributed by atoms with Crippen LogP contribution in [0.2, 0.25) is 0 Å². The molecule has 21 heavy (non-hydrogen) atoms. The minimum atomic E-state index is -0.570. The van der Waals surface area contributed by atoms with Gasteiger partial charge in [0.1, 0.15) is 0 Å². The van der Waals surface area contributed by atoms with Crippen molar-refractivity contribution in [1.82, 2.24) is 10.2 Å². The summed E-state index contributed by atoms with van der Waals surface area (Å²) in [5, 5.41) is 2.62. The van der Waals surface area contributed by atoms with E-state index in [0.29, 0.717) is 6.54 Å². The largest absolute Gasteiger partial charge is 0.376 e. The first kappa shape index (κ1) is 17.9. The van der Waals surface area contributed by atoms with Gasteiger partial charge in [-0.05, 0) is 25.2 Å². The van der Waals surface area contributed by atoms with Gasteiger partial charge in [-0.3, -0.25) is 9.59 Å². The molecule has 2 atom stereocenters. The van der Waals surface area contributed by atoms with Gasteiger partial charge in [0.15, 0.2) is 0 Å². The molecule has 1 saturated heterocycles. The van der Waals surface area contributed by atoms with Crippen molar-refractivity contribution < 1.29 is 14.3 Å². The van der Waals surface area contributed by atoms with Crippen molar-refractivity contribution in [1.29, 1.82) is 0 Å². The van der Waals surface area contributed by atoms with Crippen molar-refractivity contribution in [2.24, 2.45) is 11.7 Å². The van der Waals surface area contributed by atoms with Crippen LogP contribution in [-0.2, 0) is 14.3 Å². The molecule has 122 valence electrons. The summed E-state index contributed by atoms with van der Waals surface area (Å²) in [6.07, 6.45) is 3.04. The predicted octanol–water partition coefficient (Wildman–Crippen LogP) is 0.504. The van der Waals surface area contributed by atoms with Crippen LogP contribution in [0.15, 0.2) is 0 Å². The molecular formula is C15H29N3O3. The van der Waals surface area contributed by atoms with E-state index in [1.807, 2.05) is 13.8 Å². The number of nitrogens with zero attached hydrogens (tertiary/aromatic N) is 1. The molecule has 0 spiro atoms. The molecule has 0 aromatic rings. The standard InChI is InChI=1S/C15H29N3O3/c1-4-8-21-12-6-5-7-18(10-12)13(19)9-17-15(20)14(16)11(2)3/h11-12,14H,4-10,16H2,1-3H3,(H,17,20)/t12?,14-/m0/s1. The smallest absolute Gasteiger partial charge is 0.242 e. The van der Waals surface area contributed by atoms with Crippen LogP contribution in [0, 0.1) is 5.92 Å². The van der Waals surface area contributed by atoms with Crippen LogP contribution in [0.1, 0.15) is 40.0 Å². The lowest BCUT2D eigenvalue weighted by molar-refractivity contribution is -0.136. The van der Waals surface area contributed by atoms with Gasteiger partial charge in [0.25, 0.3) is 0 Å². The zero-order valence-corrected chi connectivity index (χ0v) is 13.4. The first-order valence-electron chi connectivity index (χ1n) is 7.88. The highest BCUT2D eigenvalue weighted by Gasteiger charge is 2.25. The van der Waals surface area contributed by atoms with E-state index in [2.05, 4.69) is 12.2 Å². The van der Waals surface area contributed by atoms with Gasteiger partial charge >= 0.3 is 0 Å². The number of nitrogens with two attached hydrogens (primary N) is 1. The topological polar surface area (TPSA) is 84.7 Å². The molecule has 0 saturated carbocycles. The molecular weight excluding hydrogens is 270 g/mol. The summed E-state index contributed by atoms with van der Waals surface area (Å²) in [5.74, 6) is -0.278. The molecule has 3 N–H and O–H groups in total. The Morgan fingerprint density at radius 1 is 1.43 bits per heavy atom. The summed E-state index contributed by atoms with van der Waals surface area (Å²) in [5.41, 5.74) is 5.74. The molecule has 1 unspecified atom stereocenters. The van der Waals surface area contributed by atoms with E-state index in [0.717, 1.165) is 32.4 Å². The fraction of sp³-hybridized carbons (Fsp3) is 0.867. The number of carbonyl (C=O) groups is 2. The van der Waals surface area contributed by atoms with Gasteiger partial charge in [0.2, 0.25) is 11.8 Å². The lowest BCUT2D eigenvalue weighted by Gasteiger charge is -2.32. The quantitative estimate of drug-likeness (QED) is 0.717. The van der Waals surface area contributed by atoms with Crippen molar-refractivity contribution in [3.05, 3.63) is 0 Å². The Balaban J connectivity index is 2.36. The monoisotopic (exact) mass is 299 g/mol. The third-order valence-corrected chi connectivity index (χ3v) is 3.72. The molecule has 1 fully saturated rings. The molecule has 1 rings (SSSR count). The van der Waals surface area contributed by atoms with Crippen LogP contribution in [-0.4, -0.2) is 55.1 Å². The molecule has 1 aliphatic rings. The van der Waals surface area contributed by atoms with Crippen molar-refractivity contribution in [3.63, 3.8) is 0 Å². The lowest BCUT2D eigenvalue weighted by atomic mass is 10.1. The number of likely N-dealkylation sites (tertiary alicyclic amines) is 1. The maximum Gasteiger partial charge on any atom is 0.242 e. The number of hydrogen-bond acceptors (Lipinski definition) is 4. The van der Waals surface area contributed by atoms with E-state index in [4.69, 9.17) is 10.5 Å². The van der Waals surface area contributed by atoms with Crippen LogP contribution in [0.3, 0.4) is 0 Å². The molecule has 0 aromatic carbocycles. The lowest BCUT2D eigenvalue weighted by Crippen LogP contribution is -2.50. The Bertz CT molecular complexity index is 347. The summed E-state index contributed by atoms with van der Waals surface area (Å²) in [6.45, 7) is 7.92. The van der Waals surface area contributed by atoms with E-state index in [1.165, 1.54) is 0 Å². The van der Waals surface area contributed by atoms with Gasteiger partial charge in [0.05, 0.1) is 18.7 Å². The second kappa shape index (κ2) is 9.00. The molecule has 6 heteroatoms. The molecule has 0 bridgehead atoms. The highest BCUT2D eigenvalue weighted by Crippen LogP contribution is 2.13. The maximum atomic E-state index is 12.1. The number of rotatable bonds is 7. The first-order valence-corrected chi connectivity index (χ1v) is 7.88. The van der Waals surface area contributed by atoms with Crippen molar-refractivity contribution in [2.45, 2.75) is 52.2 Å². The van der Waals surface area contributed by atoms with E-state index < -0.39 is 6.04 Å². The SMILES string of the molecule is CCCOC1CCCN(C(=O)CNC(=O)[C@@H](N)C(C)C)C1. The van der Waals surface area contributed by atoms with E-state index >= 15 is 0 Å². The zero-order valence-electron chi connectivity index (χ0n) is 13.4. The number of amides is 2. The summed E-state index contributed by atoms with van der Waals surface area (Å²) in [6, 6.07) is -0.570.